The second-order valence-corrected chi connectivity index (χ2v) is 7.29. The molecular weight excluding hydrogens is 373 g/mol. The van der Waals surface area contributed by atoms with Gasteiger partial charge in [-0.05, 0) is 36.1 Å². The Balaban J connectivity index is 1.93. The Bertz CT molecular complexity index is 800. The van der Waals surface area contributed by atoms with Crippen LogP contribution in [0, 0.1) is 0 Å². The van der Waals surface area contributed by atoms with Crippen LogP contribution in [0.4, 0.5) is 13.2 Å². The second kappa shape index (κ2) is 8.50. The summed E-state index contributed by atoms with van der Waals surface area (Å²) in [4.78, 5) is 16.1. The molecule has 1 atom stereocenters. The van der Waals surface area contributed by atoms with E-state index in [0.29, 0.717) is 11.4 Å². The van der Waals surface area contributed by atoms with Crippen LogP contribution in [0.15, 0.2) is 42.6 Å². The van der Waals surface area contributed by atoms with E-state index in [4.69, 9.17) is 4.74 Å². The minimum Gasteiger partial charge on any atom is -0.483 e. The number of carbonyl (C=O) groups excluding carboxylic acids is 1. The Labute approximate surface area is 161 Å². The van der Waals surface area contributed by atoms with Gasteiger partial charge in [-0.25, -0.2) is 0 Å². The lowest BCUT2D eigenvalue weighted by Crippen LogP contribution is -2.32. The van der Waals surface area contributed by atoms with E-state index in [1.807, 2.05) is 18.2 Å². The standard InChI is InChI=1S/C20H23F3N2O3/c1-13(16-10-9-14(11-24-16)28-20(21,22)23)25-18(26)12-27-17-8-6-5-7-15(17)19(2,3)4/h5-11,13H,12H2,1-4H3,(H,25,26)/t13-/m1/s1. The molecule has 0 bridgehead atoms. The third-order valence-electron chi connectivity index (χ3n) is 3.87. The predicted molar refractivity (Wildman–Crippen MR) is 98.1 cm³/mol. The summed E-state index contributed by atoms with van der Waals surface area (Å²) >= 11 is 0. The van der Waals surface area contributed by atoms with E-state index in [1.165, 1.54) is 6.07 Å². The van der Waals surface area contributed by atoms with Gasteiger partial charge >= 0.3 is 6.36 Å². The highest BCUT2D eigenvalue weighted by Crippen LogP contribution is 2.30. The number of ether oxygens (including phenoxy) is 2. The normalized spacial score (nSPS) is 13.0. The summed E-state index contributed by atoms with van der Waals surface area (Å²) in [6.45, 7) is 7.64. The van der Waals surface area contributed by atoms with Gasteiger partial charge in [0.25, 0.3) is 5.91 Å². The van der Waals surface area contributed by atoms with Gasteiger partial charge in [-0.1, -0.05) is 39.0 Å². The van der Waals surface area contributed by atoms with E-state index < -0.39 is 18.2 Å². The number of pyridine rings is 1. The molecule has 1 amide bonds. The molecule has 1 aromatic carbocycles. The van der Waals surface area contributed by atoms with Crippen LogP contribution in [0.1, 0.15) is 45.0 Å². The largest absolute Gasteiger partial charge is 0.573 e. The maximum absolute atomic E-state index is 12.2. The average Bonchev–Trinajstić information content (AvgIpc) is 2.58. The smallest absolute Gasteiger partial charge is 0.483 e. The first-order valence-electron chi connectivity index (χ1n) is 8.69. The van der Waals surface area contributed by atoms with Crippen LogP contribution < -0.4 is 14.8 Å². The molecule has 2 rings (SSSR count). The summed E-state index contributed by atoms with van der Waals surface area (Å²) in [5, 5.41) is 2.70. The zero-order chi connectivity index (χ0) is 20.9. The van der Waals surface area contributed by atoms with Gasteiger partial charge < -0.3 is 14.8 Å². The van der Waals surface area contributed by atoms with Gasteiger partial charge in [-0.15, -0.1) is 13.2 Å². The van der Waals surface area contributed by atoms with Crippen molar-refractivity contribution >= 4 is 5.91 Å². The number of alkyl halides is 3. The SMILES string of the molecule is C[C@@H](NC(=O)COc1ccccc1C(C)(C)C)c1ccc(OC(F)(F)F)cn1. The topological polar surface area (TPSA) is 60.5 Å². The lowest BCUT2D eigenvalue weighted by molar-refractivity contribution is -0.274. The molecule has 28 heavy (non-hydrogen) atoms. The molecule has 0 unspecified atom stereocenters. The molecule has 0 aliphatic heterocycles. The molecule has 1 aromatic heterocycles. The van der Waals surface area contributed by atoms with Crippen LogP contribution in [0.3, 0.4) is 0 Å². The van der Waals surface area contributed by atoms with Gasteiger partial charge in [-0.3, -0.25) is 9.78 Å². The van der Waals surface area contributed by atoms with Crippen LogP contribution in [0.5, 0.6) is 11.5 Å². The summed E-state index contributed by atoms with van der Waals surface area (Å²) in [6.07, 6.45) is -3.81. The summed E-state index contributed by atoms with van der Waals surface area (Å²) in [6, 6.07) is 9.50. The minimum atomic E-state index is -4.77. The molecule has 8 heteroatoms. The number of nitrogens with zero attached hydrogens (tertiary/aromatic N) is 1. The monoisotopic (exact) mass is 396 g/mol. The Kier molecular flexibility index (Phi) is 6.53. The van der Waals surface area contributed by atoms with Gasteiger partial charge in [0.15, 0.2) is 6.61 Å². The van der Waals surface area contributed by atoms with Crippen molar-refractivity contribution in [2.45, 2.75) is 45.5 Å². The first-order valence-corrected chi connectivity index (χ1v) is 8.69. The molecule has 0 saturated carbocycles. The van der Waals surface area contributed by atoms with Crippen molar-refractivity contribution in [3.8, 4) is 11.5 Å². The van der Waals surface area contributed by atoms with E-state index in [0.717, 1.165) is 17.8 Å². The fraction of sp³-hybridized carbons (Fsp3) is 0.400. The van der Waals surface area contributed by atoms with Crippen molar-refractivity contribution in [1.82, 2.24) is 10.3 Å². The third-order valence-corrected chi connectivity index (χ3v) is 3.87. The van der Waals surface area contributed by atoms with Gasteiger partial charge in [0.1, 0.15) is 11.5 Å². The molecule has 152 valence electrons. The molecule has 0 saturated heterocycles. The zero-order valence-electron chi connectivity index (χ0n) is 16.1. The third kappa shape index (κ3) is 6.44. The van der Waals surface area contributed by atoms with Crippen molar-refractivity contribution in [1.29, 1.82) is 0 Å². The summed E-state index contributed by atoms with van der Waals surface area (Å²) in [5.74, 6) is -0.157. The number of para-hydroxylation sites is 1. The molecule has 1 heterocycles. The van der Waals surface area contributed by atoms with Crippen molar-refractivity contribution in [2.24, 2.45) is 0 Å². The molecular formula is C20H23F3N2O3. The van der Waals surface area contributed by atoms with Crippen LogP contribution in [-0.2, 0) is 10.2 Å². The molecule has 0 aliphatic rings. The fourth-order valence-electron chi connectivity index (χ4n) is 2.55. The Morgan fingerprint density at radius 2 is 1.82 bits per heavy atom. The van der Waals surface area contributed by atoms with Crippen LogP contribution in [-0.4, -0.2) is 23.9 Å². The van der Waals surface area contributed by atoms with Crippen molar-refractivity contribution in [2.75, 3.05) is 6.61 Å². The number of nitrogens with one attached hydrogen (secondary N) is 1. The highest BCUT2D eigenvalue weighted by Gasteiger charge is 2.31. The lowest BCUT2D eigenvalue weighted by Gasteiger charge is -2.22. The maximum Gasteiger partial charge on any atom is 0.573 e. The molecule has 5 nitrogen and oxygen atoms in total. The minimum absolute atomic E-state index is 0.134. The van der Waals surface area contributed by atoms with E-state index >= 15 is 0 Å². The van der Waals surface area contributed by atoms with Crippen molar-refractivity contribution in [3.63, 3.8) is 0 Å². The Morgan fingerprint density at radius 1 is 1.14 bits per heavy atom. The second-order valence-electron chi connectivity index (χ2n) is 7.29. The summed E-state index contributed by atoms with van der Waals surface area (Å²) in [7, 11) is 0. The molecule has 0 radical (unpaired) electrons. The highest BCUT2D eigenvalue weighted by atomic mass is 19.4. The van der Waals surface area contributed by atoms with Crippen molar-refractivity contribution in [3.05, 3.63) is 53.9 Å². The first-order chi connectivity index (χ1) is 13.0. The number of rotatable bonds is 6. The number of amides is 1. The van der Waals surface area contributed by atoms with Gasteiger partial charge in [0.2, 0.25) is 0 Å². The Hall–Kier alpha value is -2.77. The summed E-state index contributed by atoms with van der Waals surface area (Å²) in [5.41, 5.74) is 1.25. The number of halogens is 3. The first kappa shape index (κ1) is 21.5. The molecule has 0 fully saturated rings. The van der Waals surface area contributed by atoms with Gasteiger partial charge in [0.05, 0.1) is 17.9 Å². The predicted octanol–water partition coefficient (Wildman–Crippen LogP) is 4.53. The van der Waals surface area contributed by atoms with Crippen LogP contribution >= 0.6 is 0 Å². The number of aromatic nitrogens is 1. The summed E-state index contributed by atoms with van der Waals surface area (Å²) < 4.78 is 46.0. The van der Waals surface area contributed by atoms with Gasteiger partial charge in [0, 0.05) is 0 Å². The lowest BCUT2D eigenvalue weighted by atomic mass is 9.86. The molecule has 2 aromatic rings. The maximum atomic E-state index is 12.2. The zero-order valence-corrected chi connectivity index (χ0v) is 16.1. The molecule has 0 spiro atoms. The number of benzene rings is 1. The fourth-order valence-corrected chi connectivity index (χ4v) is 2.55. The number of hydrogen-bond acceptors (Lipinski definition) is 4. The van der Waals surface area contributed by atoms with E-state index in [-0.39, 0.29) is 17.9 Å². The quantitative estimate of drug-likeness (QED) is 0.779. The molecule has 0 aliphatic carbocycles. The highest BCUT2D eigenvalue weighted by molar-refractivity contribution is 5.78. The van der Waals surface area contributed by atoms with E-state index in [2.05, 4.69) is 35.8 Å². The molecule has 1 N–H and O–H groups in total. The Morgan fingerprint density at radius 3 is 2.39 bits per heavy atom. The van der Waals surface area contributed by atoms with Gasteiger partial charge in [-0.2, -0.15) is 0 Å². The van der Waals surface area contributed by atoms with Crippen LogP contribution in [0.25, 0.3) is 0 Å². The van der Waals surface area contributed by atoms with Crippen molar-refractivity contribution < 1.29 is 27.4 Å². The number of hydrogen-bond donors (Lipinski definition) is 1. The average molecular weight is 396 g/mol. The number of carbonyl (C=O) groups is 1. The van der Waals surface area contributed by atoms with E-state index in [9.17, 15) is 18.0 Å². The van der Waals surface area contributed by atoms with Crippen LogP contribution in [0.2, 0.25) is 0 Å². The van der Waals surface area contributed by atoms with E-state index in [1.54, 1.807) is 13.0 Å².